The minimum atomic E-state index is -2.29. The first-order valence-electron chi connectivity index (χ1n) is 3.73. The quantitative estimate of drug-likeness (QED) is 0.853. The van der Waals surface area contributed by atoms with Gasteiger partial charge in [0.05, 0.1) is 0 Å². The molecule has 1 unspecified atom stereocenters. The zero-order valence-electron chi connectivity index (χ0n) is 6.93. The van der Waals surface area contributed by atoms with Crippen LogP contribution >= 0.6 is 22.9 Å². The van der Waals surface area contributed by atoms with Gasteiger partial charge in [-0.05, 0) is 6.92 Å². The van der Waals surface area contributed by atoms with Crippen LogP contribution in [0.25, 0.3) is 0 Å². The summed E-state index contributed by atoms with van der Waals surface area (Å²) < 4.78 is 23.8. The average molecular weight is 227 g/mol. The molecule has 1 aromatic rings. The number of hydrogen-bond donors (Lipinski definition) is 1. The van der Waals surface area contributed by atoms with Crippen molar-refractivity contribution in [3.8, 4) is 0 Å². The summed E-state index contributed by atoms with van der Waals surface area (Å²) in [4.78, 5) is 3.89. The van der Waals surface area contributed by atoms with E-state index in [0.717, 1.165) is 0 Å². The van der Waals surface area contributed by atoms with Gasteiger partial charge in [-0.3, -0.25) is 0 Å². The highest BCUT2D eigenvalue weighted by Gasteiger charge is 2.11. The molecule has 0 amide bonds. The SMILES string of the molecule is CC(CC(F)F)Nc1nc(Cl)cs1. The molecule has 0 fully saturated rings. The third-order valence-electron chi connectivity index (χ3n) is 1.38. The van der Waals surface area contributed by atoms with Gasteiger partial charge in [0.1, 0.15) is 5.15 Å². The van der Waals surface area contributed by atoms with Crippen molar-refractivity contribution in [2.75, 3.05) is 5.32 Å². The third kappa shape index (κ3) is 3.87. The minimum Gasteiger partial charge on any atom is -0.359 e. The van der Waals surface area contributed by atoms with Crippen LogP contribution in [0.5, 0.6) is 0 Å². The van der Waals surface area contributed by atoms with E-state index in [0.29, 0.717) is 10.3 Å². The van der Waals surface area contributed by atoms with Crippen molar-refractivity contribution in [1.29, 1.82) is 0 Å². The maximum atomic E-state index is 11.9. The lowest BCUT2D eigenvalue weighted by Gasteiger charge is -2.11. The summed E-state index contributed by atoms with van der Waals surface area (Å²) in [7, 11) is 0. The van der Waals surface area contributed by atoms with E-state index < -0.39 is 6.43 Å². The van der Waals surface area contributed by atoms with E-state index in [4.69, 9.17) is 11.6 Å². The van der Waals surface area contributed by atoms with E-state index in [2.05, 4.69) is 10.3 Å². The molecule has 0 saturated carbocycles. The first-order chi connectivity index (χ1) is 6.08. The number of halogens is 3. The first-order valence-corrected chi connectivity index (χ1v) is 4.99. The number of hydrogen-bond acceptors (Lipinski definition) is 3. The highest BCUT2D eigenvalue weighted by Crippen LogP contribution is 2.20. The second-order valence-electron chi connectivity index (χ2n) is 2.65. The fourth-order valence-corrected chi connectivity index (χ4v) is 1.81. The normalized spacial score (nSPS) is 13.3. The Balaban J connectivity index is 2.40. The smallest absolute Gasteiger partial charge is 0.240 e. The molecule has 0 saturated heterocycles. The van der Waals surface area contributed by atoms with E-state index in [-0.39, 0.29) is 12.5 Å². The fraction of sp³-hybridized carbons (Fsp3) is 0.571. The van der Waals surface area contributed by atoms with E-state index in [1.165, 1.54) is 11.3 Å². The lowest BCUT2D eigenvalue weighted by molar-refractivity contribution is 0.133. The molecule has 74 valence electrons. The molecule has 1 rings (SSSR count). The topological polar surface area (TPSA) is 24.9 Å². The Labute approximate surface area is 83.9 Å². The van der Waals surface area contributed by atoms with Crippen LogP contribution in [0, 0.1) is 0 Å². The van der Waals surface area contributed by atoms with Gasteiger partial charge >= 0.3 is 0 Å². The van der Waals surface area contributed by atoms with Gasteiger partial charge in [0.15, 0.2) is 5.13 Å². The zero-order valence-corrected chi connectivity index (χ0v) is 8.50. The summed E-state index contributed by atoms with van der Waals surface area (Å²) in [6, 6.07) is -0.290. The van der Waals surface area contributed by atoms with Gasteiger partial charge in [-0.1, -0.05) is 11.6 Å². The van der Waals surface area contributed by atoms with Crippen LogP contribution in [0.3, 0.4) is 0 Å². The molecule has 1 heterocycles. The van der Waals surface area contributed by atoms with Crippen molar-refractivity contribution in [3.05, 3.63) is 10.5 Å². The molecule has 13 heavy (non-hydrogen) atoms. The van der Waals surface area contributed by atoms with E-state index >= 15 is 0 Å². The Bertz CT molecular complexity index is 267. The van der Waals surface area contributed by atoms with Gasteiger partial charge < -0.3 is 5.32 Å². The zero-order chi connectivity index (χ0) is 9.84. The van der Waals surface area contributed by atoms with Crippen LogP contribution in [-0.4, -0.2) is 17.5 Å². The lowest BCUT2D eigenvalue weighted by atomic mass is 10.2. The lowest BCUT2D eigenvalue weighted by Crippen LogP contribution is -2.18. The molecule has 1 atom stereocenters. The second kappa shape index (κ2) is 4.72. The Hall–Kier alpha value is -0.420. The van der Waals surface area contributed by atoms with Crippen LogP contribution in [0.2, 0.25) is 5.15 Å². The monoisotopic (exact) mass is 226 g/mol. The minimum absolute atomic E-state index is 0.183. The molecule has 0 aliphatic rings. The molecule has 2 nitrogen and oxygen atoms in total. The number of aromatic nitrogens is 1. The van der Waals surface area contributed by atoms with Crippen molar-refractivity contribution in [3.63, 3.8) is 0 Å². The van der Waals surface area contributed by atoms with Crippen molar-refractivity contribution < 1.29 is 8.78 Å². The van der Waals surface area contributed by atoms with Crippen molar-refractivity contribution >= 4 is 28.1 Å². The Morgan fingerprint density at radius 3 is 2.85 bits per heavy atom. The van der Waals surface area contributed by atoms with Crippen molar-refractivity contribution in [1.82, 2.24) is 4.98 Å². The van der Waals surface area contributed by atoms with Gasteiger partial charge in [0.25, 0.3) is 0 Å². The van der Waals surface area contributed by atoms with Crippen molar-refractivity contribution in [2.24, 2.45) is 0 Å². The Kier molecular flexibility index (Phi) is 3.87. The van der Waals surface area contributed by atoms with Crippen LogP contribution < -0.4 is 5.32 Å². The van der Waals surface area contributed by atoms with Gasteiger partial charge in [-0.15, -0.1) is 11.3 Å². The van der Waals surface area contributed by atoms with Gasteiger partial charge in [0.2, 0.25) is 6.43 Å². The summed E-state index contributed by atoms with van der Waals surface area (Å²) in [5.41, 5.74) is 0. The fourth-order valence-electron chi connectivity index (χ4n) is 0.857. The number of nitrogens with zero attached hydrogens (tertiary/aromatic N) is 1. The maximum Gasteiger partial charge on any atom is 0.240 e. The van der Waals surface area contributed by atoms with Gasteiger partial charge in [-0.25, -0.2) is 13.8 Å². The van der Waals surface area contributed by atoms with E-state index in [1.54, 1.807) is 12.3 Å². The number of alkyl halides is 2. The molecular weight excluding hydrogens is 218 g/mol. The first kappa shape index (κ1) is 10.7. The number of thiazole rings is 1. The molecule has 0 aliphatic carbocycles. The summed E-state index contributed by atoms with van der Waals surface area (Å²) in [5, 5.41) is 5.46. The number of nitrogens with one attached hydrogen (secondary N) is 1. The molecule has 6 heteroatoms. The predicted octanol–water partition coefficient (Wildman–Crippen LogP) is 3.25. The highest BCUT2D eigenvalue weighted by atomic mass is 35.5. The molecule has 0 spiro atoms. The van der Waals surface area contributed by atoms with Crippen LogP contribution in [0.4, 0.5) is 13.9 Å². The van der Waals surface area contributed by atoms with E-state index in [9.17, 15) is 8.78 Å². The van der Waals surface area contributed by atoms with Gasteiger partial charge in [-0.2, -0.15) is 0 Å². The number of anilines is 1. The number of rotatable bonds is 4. The standard InChI is InChI=1S/C7H9ClF2N2S/c1-4(2-6(9)10)11-7-12-5(8)3-13-7/h3-4,6H,2H2,1H3,(H,11,12). The predicted molar refractivity (Wildman–Crippen MR) is 50.8 cm³/mol. The molecule has 1 N–H and O–H groups in total. The van der Waals surface area contributed by atoms with Crippen LogP contribution in [0.1, 0.15) is 13.3 Å². The van der Waals surface area contributed by atoms with E-state index in [1.807, 2.05) is 0 Å². The largest absolute Gasteiger partial charge is 0.359 e. The Morgan fingerprint density at radius 2 is 2.38 bits per heavy atom. The summed E-state index contributed by atoms with van der Waals surface area (Å²) in [6.45, 7) is 1.68. The van der Waals surface area contributed by atoms with Gasteiger partial charge in [0, 0.05) is 17.8 Å². The van der Waals surface area contributed by atoms with Crippen LogP contribution in [0.15, 0.2) is 5.38 Å². The molecule has 1 aromatic heterocycles. The molecule has 0 aliphatic heterocycles. The average Bonchev–Trinajstić information content (AvgIpc) is 2.33. The Morgan fingerprint density at radius 1 is 1.69 bits per heavy atom. The summed E-state index contributed by atoms with van der Waals surface area (Å²) in [6.07, 6.45) is -2.48. The molecule has 0 radical (unpaired) electrons. The molecule has 0 aromatic carbocycles. The van der Waals surface area contributed by atoms with Crippen LogP contribution in [-0.2, 0) is 0 Å². The maximum absolute atomic E-state index is 11.9. The third-order valence-corrected chi connectivity index (χ3v) is 2.47. The molecular formula is C7H9ClF2N2S. The summed E-state index contributed by atoms with van der Waals surface area (Å²) >= 11 is 6.87. The highest BCUT2D eigenvalue weighted by molar-refractivity contribution is 7.14. The molecule has 0 bridgehead atoms. The summed E-state index contributed by atoms with van der Waals surface area (Å²) in [5.74, 6) is 0. The second-order valence-corrected chi connectivity index (χ2v) is 3.89. The van der Waals surface area contributed by atoms with Crippen molar-refractivity contribution in [2.45, 2.75) is 25.8 Å².